The highest BCUT2D eigenvalue weighted by Gasteiger charge is 2.36. The molecule has 12 heteroatoms. The quantitative estimate of drug-likeness (QED) is 0.183. The first-order valence-electron chi connectivity index (χ1n) is 14.4. The molecule has 0 unspecified atom stereocenters. The normalized spacial score (nSPS) is 12.3. The molecule has 1 atom stereocenters. The number of carbonyl (C=O) groups is 2. The molecule has 1 N–H and O–H groups in total. The monoisotopic (exact) mass is 671 g/mol. The van der Waals surface area contributed by atoms with Crippen molar-refractivity contribution in [2.24, 2.45) is 0 Å². The van der Waals surface area contributed by atoms with E-state index in [0.29, 0.717) is 21.0 Å². The summed E-state index contributed by atoms with van der Waals surface area (Å²) in [4.78, 5) is 28.9. The van der Waals surface area contributed by atoms with Gasteiger partial charge in [-0.25, -0.2) is 8.42 Å². The lowest BCUT2D eigenvalue weighted by Gasteiger charge is -2.34. The summed E-state index contributed by atoms with van der Waals surface area (Å²) in [5.74, 6) is -1.27. The number of hydrogen-bond acceptors (Lipinski definition) is 4. The van der Waals surface area contributed by atoms with Crippen LogP contribution in [0.1, 0.15) is 29.2 Å². The number of rotatable bonds is 12. The first kappa shape index (κ1) is 34.5. The summed E-state index contributed by atoms with van der Waals surface area (Å²) in [5.41, 5.74) is 0.680. The smallest absolute Gasteiger partial charge is 0.355 e. The number of nitrogens with zero attached hydrogens (tertiary/aromatic N) is 2. The van der Waals surface area contributed by atoms with Gasteiger partial charge in [0.05, 0.1) is 16.1 Å². The Morgan fingerprint density at radius 3 is 2.13 bits per heavy atom. The molecule has 0 heterocycles. The van der Waals surface area contributed by atoms with Gasteiger partial charge in [0.1, 0.15) is 12.6 Å². The van der Waals surface area contributed by atoms with Gasteiger partial charge in [0.25, 0.3) is 10.0 Å². The summed E-state index contributed by atoms with van der Waals surface area (Å²) in [6, 6.07) is 24.0. The first-order chi connectivity index (χ1) is 21.8. The average Bonchev–Trinajstić information content (AvgIpc) is 3.02. The van der Waals surface area contributed by atoms with E-state index in [9.17, 15) is 31.2 Å². The topological polar surface area (TPSA) is 86.8 Å². The Kier molecular flexibility index (Phi) is 11.1. The number of sulfonamides is 1. The van der Waals surface area contributed by atoms with Crippen LogP contribution in [0, 0.1) is 6.92 Å². The molecule has 0 aromatic heterocycles. The Morgan fingerprint density at radius 1 is 0.870 bits per heavy atom. The van der Waals surface area contributed by atoms with Gasteiger partial charge in [0.2, 0.25) is 11.8 Å². The number of hydrogen-bond donors (Lipinski definition) is 1. The summed E-state index contributed by atoms with van der Waals surface area (Å²) < 4.78 is 69.9. The van der Waals surface area contributed by atoms with Crippen molar-refractivity contribution in [3.8, 4) is 0 Å². The summed E-state index contributed by atoms with van der Waals surface area (Å²) in [5, 5.41) is 3.21. The second-order valence-corrected chi connectivity index (χ2v) is 12.9. The van der Waals surface area contributed by atoms with Crippen LogP contribution in [0.25, 0.3) is 0 Å². The van der Waals surface area contributed by atoms with Crippen LogP contribution in [-0.4, -0.2) is 44.3 Å². The number of benzene rings is 4. The van der Waals surface area contributed by atoms with Crippen LogP contribution < -0.4 is 9.62 Å². The largest absolute Gasteiger partial charge is 0.416 e. The van der Waals surface area contributed by atoms with Crippen molar-refractivity contribution in [3.05, 3.63) is 130 Å². The number of anilines is 1. The number of nitrogens with one attached hydrogen (secondary N) is 1. The van der Waals surface area contributed by atoms with E-state index in [4.69, 9.17) is 11.6 Å². The lowest BCUT2D eigenvalue weighted by atomic mass is 10.0. The molecule has 0 fully saturated rings. The molecule has 0 bridgehead atoms. The van der Waals surface area contributed by atoms with E-state index in [0.717, 1.165) is 23.3 Å². The van der Waals surface area contributed by atoms with Crippen molar-refractivity contribution in [2.45, 2.75) is 43.9 Å². The molecule has 0 saturated heterocycles. The van der Waals surface area contributed by atoms with Crippen LogP contribution in [-0.2, 0) is 38.8 Å². The molecule has 242 valence electrons. The molecule has 0 aliphatic carbocycles. The third-order valence-corrected chi connectivity index (χ3v) is 9.28. The van der Waals surface area contributed by atoms with Crippen LogP contribution in [0.5, 0.6) is 0 Å². The Bertz CT molecular complexity index is 1750. The number of aryl methyl sites for hydroxylation is 1. The predicted octanol–water partition coefficient (Wildman–Crippen LogP) is 6.64. The van der Waals surface area contributed by atoms with Crippen molar-refractivity contribution in [1.29, 1.82) is 0 Å². The third-order valence-electron chi connectivity index (χ3n) is 7.24. The number of alkyl halides is 3. The Balaban J connectivity index is 1.83. The molecular weight excluding hydrogens is 639 g/mol. The van der Waals surface area contributed by atoms with Gasteiger partial charge in [-0.2, -0.15) is 13.2 Å². The zero-order chi connectivity index (χ0) is 33.5. The fraction of sp³-hybridized carbons (Fsp3) is 0.235. The van der Waals surface area contributed by atoms with Crippen LogP contribution in [0.15, 0.2) is 108 Å². The summed E-state index contributed by atoms with van der Waals surface area (Å²) in [6.45, 7) is 2.77. The minimum atomic E-state index is -4.76. The minimum Gasteiger partial charge on any atom is -0.355 e. The van der Waals surface area contributed by atoms with Crippen LogP contribution >= 0.6 is 11.6 Å². The fourth-order valence-corrected chi connectivity index (χ4v) is 6.37. The van der Waals surface area contributed by atoms with Crippen molar-refractivity contribution >= 4 is 39.1 Å². The van der Waals surface area contributed by atoms with Crippen LogP contribution in [0.4, 0.5) is 18.9 Å². The molecule has 4 aromatic carbocycles. The zero-order valence-corrected chi connectivity index (χ0v) is 26.7. The fourth-order valence-electron chi connectivity index (χ4n) is 4.84. The highest BCUT2D eigenvalue weighted by Crippen LogP contribution is 2.33. The van der Waals surface area contributed by atoms with Crippen LogP contribution in [0.3, 0.4) is 0 Å². The molecular formula is C34H33ClF3N3O4S. The number of halogens is 4. The molecule has 2 amide bonds. The first-order valence-corrected chi connectivity index (χ1v) is 16.2. The maximum atomic E-state index is 14.3. The van der Waals surface area contributed by atoms with Gasteiger partial charge in [-0.05, 0) is 67.4 Å². The van der Waals surface area contributed by atoms with Crippen molar-refractivity contribution in [3.63, 3.8) is 0 Å². The number of carbonyl (C=O) groups excluding carboxylic acids is 2. The van der Waals surface area contributed by atoms with E-state index in [2.05, 4.69) is 5.32 Å². The molecule has 46 heavy (non-hydrogen) atoms. The molecule has 0 spiro atoms. The molecule has 4 rings (SSSR count). The highest BCUT2D eigenvalue weighted by atomic mass is 35.5. The molecule has 0 aliphatic heterocycles. The zero-order valence-electron chi connectivity index (χ0n) is 25.2. The van der Waals surface area contributed by atoms with Gasteiger partial charge in [-0.15, -0.1) is 0 Å². The minimum absolute atomic E-state index is 0.0975. The van der Waals surface area contributed by atoms with Gasteiger partial charge >= 0.3 is 6.18 Å². The lowest BCUT2D eigenvalue weighted by Crippen LogP contribution is -2.53. The molecule has 0 aliphatic rings. The van der Waals surface area contributed by atoms with E-state index in [1.807, 2.05) is 6.07 Å². The molecule has 0 saturated carbocycles. The van der Waals surface area contributed by atoms with E-state index in [-0.39, 0.29) is 30.1 Å². The van der Waals surface area contributed by atoms with Gasteiger partial charge in [0, 0.05) is 24.5 Å². The van der Waals surface area contributed by atoms with Gasteiger partial charge in [-0.3, -0.25) is 13.9 Å². The Morgan fingerprint density at radius 2 is 1.52 bits per heavy atom. The second kappa shape index (κ2) is 14.8. The summed E-state index contributed by atoms with van der Waals surface area (Å²) >= 11 is 6.07. The summed E-state index contributed by atoms with van der Waals surface area (Å²) in [7, 11) is -4.55. The Hall–Kier alpha value is -4.35. The highest BCUT2D eigenvalue weighted by molar-refractivity contribution is 7.92. The third kappa shape index (κ3) is 8.67. The van der Waals surface area contributed by atoms with E-state index >= 15 is 0 Å². The lowest BCUT2D eigenvalue weighted by molar-refractivity contribution is -0.140. The standard InChI is InChI=1S/C34H33ClF3N3O4S/c1-3-39-33(43)31(20-25-8-5-4-6-9-25)40(22-26-14-16-28(35)17-15-26)32(42)23-41(29-11-7-10-27(21-29)34(36,37)38)46(44,45)30-18-12-24(2)13-19-30/h4-19,21,31H,3,20,22-23H2,1-2H3,(H,39,43)/t31-/m0/s1. The number of likely N-dealkylation sites (N-methyl/N-ethyl adjacent to an activating group) is 1. The van der Waals surface area contributed by atoms with Crippen molar-refractivity contribution < 1.29 is 31.2 Å². The van der Waals surface area contributed by atoms with E-state index in [1.165, 1.54) is 23.1 Å². The van der Waals surface area contributed by atoms with E-state index < -0.39 is 46.2 Å². The average molecular weight is 672 g/mol. The molecule has 7 nitrogen and oxygen atoms in total. The molecule has 0 radical (unpaired) electrons. The van der Waals surface area contributed by atoms with Gasteiger partial charge in [0.15, 0.2) is 0 Å². The van der Waals surface area contributed by atoms with Crippen molar-refractivity contribution in [2.75, 3.05) is 17.4 Å². The SMILES string of the molecule is CCNC(=O)[C@H](Cc1ccccc1)N(Cc1ccc(Cl)cc1)C(=O)CN(c1cccc(C(F)(F)F)c1)S(=O)(=O)c1ccc(C)cc1. The van der Waals surface area contributed by atoms with Gasteiger partial charge < -0.3 is 10.2 Å². The van der Waals surface area contributed by atoms with Crippen LogP contribution in [0.2, 0.25) is 5.02 Å². The summed E-state index contributed by atoms with van der Waals surface area (Å²) in [6.07, 6.45) is -4.67. The number of amides is 2. The second-order valence-electron chi connectivity index (χ2n) is 10.6. The Labute approximate surface area is 271 Å². The van der Waals surface area contributed by atoms with Crippen molar-refractivity contribution in [1.82, 2.24) is 10.2 Å². The molecule has 4 aromatic rings. The van der Waals surface area contributed by atoms with Gasteiger partial charge in [-0.1, -0.05) is 77.8 Å². The maximum absolute atomic E-state index is 14.3. The maximum Gasteiger partial charge on any atom is 0.416 e. The van der Waals surface area contributed by atoms with E-state index in [1.54, 1.807) is 74.5 Å². The predicted molar refractivity (Wildman–Crippen MR) is 172 cm³/mol.